The molecule has 3 unspecified atom stereocenters. The third-order valence-corrected chi connectivity index (χ3v) is 1.55. The van der Waals surface area contributed by atoms with Crippen molar-refractivity contribution >= 4 is 0 Å². The maximum atomic E-state index is 7.75. The Morgan fingerprint density at radius 1 is 1.40 bits per heavy atom. The van der Waals surface area contributed by atoms with Gasteiger partial charge >= 0.3 is 0 Å². The first-order valence-electron chi connectivity index (χ1n) is 5.43. The summed E-state index contributed by atoms with van der Waals surface area (Å²) >= 11 is 0. The summed E-state index contributed by atoms with van der Waals surface area (Å²) in [6.07, 6.45) is -0.745. The minimum Gasteiger partial charge on any atom is -0.312 e. The average molecular weight is 137 g/mol. The number of aryl methyl sites for hydroxylation is 1. The summed E-state index contributed by atoms with van der Waals surface area (Å²) in [6.45, 7) is -1.80. The van der Waals surface area contributed by atoms with Gasteiger partial charge in [-0.05, 0) is 24.0 Å². The predicted molar refractivity (Wildman–Crippen MR) is 41.9 cm³/mol. The van der Waals surface area contributed by atoms with E-state index in [0.717, 1.165) is 5.31 Å². The highest BCUT2D eigenvalue weighted by atomic mass is 14.9. The molecule has 0 saturated heterocycles. The maximum Gasteiger partial charge on any atom is 0.123 e. The van der Waals surface area contributed by atoms with Crippen LogP contribution in [-0.4, -0.2) is 6.52 Å². The van der Waals surface area contributed by atoms with Crippen molar-refractivity contribution in [2.75, 3.05) is 6.52 Å². The molecule has 3 atom stereocenters. The van der Waals surface area contributed by atoms with E-state index < -0.39 is 19.4 Å². The summed E-state index contributed by atoms with van der Waals surface area (Å²) in [5, 5.41) is 0.861. The van der Waals surface area contributed by atoms with Crippen LogP contribution in [0.25, 0.3) is 0 Å². The lowest BCUT2D eigenvalue weighted by Gasteiger charge is -2.15. The first kappa shape index (κ1) is 3.05. The van der Waals surface area contributed by atoms with Crippen molar-refractivity contribution < 1.29 is 5.52 Å². The molecule has 0 aliphatic carbocycles. The van der Waals surface area contributed by atoms with Crippen LogP contribution < -0.4 is 5.31 Å². The number of fused-ring (bicyclic) bond motifs is 1. The smallest absolute Gasteiger partial charge is 0.123 e. The van der Waals surface area contributed by atoms with Gasteiger partial charge in [0.15, 0.2) is 0 Å². The minimum absolute atomic E-state index is 0.672. The van der Waals surface area contributed by atoms with E-state index in [-0.39, 0.29) is 0 Å². The fraction of sp³-hybridized carbons (Fsp3) is 0.333. The Hall–Kier alpha value is -0.820. The highest BCUT2D eigenvalue weighted by Crippen LogP contribution is 2.11. The quantitative estimate of drug-likeness (QED) is 0.569. The van der Waals surface area contributed by atoms with Gasteiger partial charge in [0.2, 0.25) is 0 Å². The van der Waals surface area contributed by atoms with Crippen molar-refractivity contribution in [2.24, 2.45) is 0 Å². The second-order valence-electron chi connectivity index (χ2n) is 2.22. The molecule has 0 bridgehead atoms. The van der Waals surface area contributed by atoms with Gasteiger partial charge in [0.25, 0.3) is 0 Å². The number of rotatable bonds is 0. The third kappa shape index (κ3) is 0.929. The van der Waals surface area contributed by atoms with Crippen LogP contribution >= 0.6 is 0 Å². The largest absolute Gasteiger partial charge is 0.312 e. The lowest BCUT2D eigenvalue weighted by molar-refractivity contribution is 0.644. The number of hydrogen-bond acceptors (Lipinski definition) is 1. The van der Waals surface area contributed by atoms with Crippen molar-refractivity contribution in [3.63, 3.8) is 0 Å². The summed E-state index contributed by atoms with van der Waals surface area (Å²) in [5.74, 6) is 0. The second kappa shape index (κ2) is 2.43. The van der Waals surface area contributed by atoms with E-state index in [1.54, 1.807) is 24.3 Å². The van der Waals surface area contributed by atoms with Crippen LogP contribution in [0.15, 0.2) is 24.3 Å². The highest BCUT2D eigenvalue weighted by Gasteiger charge is 2.05. The molecule has 1 aromatic carbocycles. The van der Waals surface area contributed by atoms with Gasteiger partial charge in [-0.25, -0.2) is 0 Å². The van der Waals surface area contributed by atoms with Crippen molar-refractivity contribution in [3.05, 3.63) is 35.4 Å². The van der Waals surface area contributed by atoms with Gasteiger partial charge in [0, 0.05) is 10.6 Å². The molecular formula is C9H11N. The van der Waals surface area contributed by atoms with E-state index in [4.69, 9.17) is 5.52 Å². The van der Waals surface area contributed by atoms with Crippen molar-refractivity contribution in [1.29, 1.82) is 0 Å². The van der Waals surface area contributed by atoms with E-state index >= 15 is 0 Å². The summed E-state index contributed by atoms with van der Waals surface area (Å²) in [5.41, 5.74) is 1.38. The van der Waals surface area contributed by atoms with Crippen LogP contribution in [-0.2, 0) is 12.9 Å². The van der Waals surface area contributed by atoms with Crippen LogP contribution in [0.5, 0.6) is 0 Å². The Morgan fingerprint density at radius 3 is 3.10 bits per heavy atom. The summed E-state index contributed by atoms with van der Waals surface area (Å²) < 4.78 is 30.5. The Bertz CT molecular complexity index is 310. The molecule has 1 aromatic rings. The van der Waals surface area contributed by atoms with Gasteiger partial charge in [0.1, 0.15) is 1.41 Å². The van der Waals surface area contributed by atoms with Gasteiger partial charge < -0.3 is 5.31 Å². The second-order valence-corrected chi connectivity index (χ2v) is 2.22. The zero-order valence-electron chi connectivity index (χ0n) is 9.49. The Balaban J connectivity index is 2.51. The number of benzene rings is 1. The van der Waals surface area contributed by atoms with Crippen LogP contribution in [0.1, 0.15) is 15.2 Å². The molecule has 10 heavy (non-hydrogen) atoms. The van der Waals surface area contributed by atoms with Crippen LogP contribution in [0, 0.1) is 0 Å². The molecule has 52 valence electrons. The first-order valence-corrected chi connectivity index (χ1v) is 3.25. The monoisotopic (exact) mass is 137 g/mol. The molecular weight excluding hydrogens is 122 g/mol. The zero-order valence-corrected chi connectivity index (χ0v) is 5.49. The van der Waals surface area contributed by atoms with Crippen LogP contribution in [0.3, 0.4) is 0 Å². The fourth-order valence-electron chi connectivity index (χ4n) is 1.03. The molecule has 1 heteroatoms. The van der Waals surface area contributed by atoms with Crippen molar-refractivity contribution in [1.82, 2.24) is 5.31 Å². The van der Waals surface area contributed by atoms with E-state index in [1.165, 1.54) is 0 Å². The molecule has 1 nitrogen and oxygen atoms in total. The third-order valence-electron chi connectivity index (χ3n) is 1.55. The Labute approximate surface area is 66.7 Å². The average Bonchev–Trinajstić information content (AvgIpc) is 2.23. The molecule has 1 heterocycles. The molecule has 1 aliphatic heterocycles. The lowest BCUT2D eigenvalue weighted by atomic mass is 10.0. The molecule has 0 aromatic heterocycles. The fourth-order valence-corrected chi connectivity index (χ4v) is 1.03. The standard InChI is InChI=1S/C9H11N/c1-2-4-9-7-10-6-5-8(9)3-1/h1-4,10H,5-7H2/i5D,6D,7D/hD. The van der Waals surface area contributed by atoms with E-state index in [0.29, 0.717) is 11.1 Å². The first-order chi connectivity index (χ1) is 6.63. The van der Waals surface area contributed by atoms with Gasteiger partial charge in [-0.2, -0.15) is 0 Å². The topological polar surface area (TPSA) is 12.0 Å². The van der Waals surface area contributed by atoms with Crippen molar-refractivity contribution in [3.8, 4) is 0 Å². The van der Waals surface area contributed by atoms with Gasteiger partial charge in [0.05, 0.1) is 0 Å². The van der Waals surface area contributed by atoms with E-state index in [9.17, 15) is 0 Å². The summed E-state index contributed by atoms with van der Waals surface area (Å²) in [4.78, 5) is 0. The molecule has 1 N–H and O–H groups in total. The SMILES string of the molecule is [2H]C1c2ccccc2C([2H])N([2H])C1[2H]. The lowest BCUT2D eigenvalue weighted by Crippen LogP contribution is -2.23. The van der Waals surface area contributed by atoms with Gasteiger partial charge in [-0.1, -0.05) is 24.3 Å². The summed E-state index contributed by atoms with van der Waals surface area (Å²) in [6, 6.07) is 7.12. The molecule has 1 aliphatic rings. The minimum atomic E-state index is -0.965. The van der Waals surface area contributed by atoms with E-state index in [2.05, 4.69) is 0 Å². The molecule has 0 saturated carbocycles. The number of nitrogens with one attached hydrogen (secondary N) is 1. The molecule has 0 fully saturated rings. The Morgan fingerprint density at radius 2 is 2.20 bits per heavy atom. The normalized spacial score (nSPS) is 46.2. The van der Waals surface area contributed by atoms with Crippen LogP contribution in [0.2, 0.25) is 1.41 Å². The highest BCUT2D eigenvalue weighted by molar-refractivity contribution is 5.28. The molecule has 2 rings (SSSR count). The van der Waals surface area contributed by atoms with Crippen LogP contribution in [0.4, 0.5) is 0 Å². The van der Waals surface area contributed by atoms with Gasteiger partial charge in [-0.15, -0.1) is 0 Å². The van der Waals surface area contributed by atoms with Gasteiger partial charge in [-0.3, -0.25) is 0 Å². The zero-order chi connectivity index (χ0) is 10.3. The van der Waals surface area contributed by atoms with Crippen molar-refractivity contribution in [2.45, 2.75) is 12.9 Å². The molecule has 0 radical (unpaired) electrons. The predicted octanol–water partition coefficient (Wildman–Crippen LogP) is 1.33. The molecule has 0 spiro atoms. The Kier molecular flexibility index (Phi) is 0.742. The van der Waals surface area contributed by atoms with E-state index in [1.807, 2.05) is 0 Å². The number of hydrogen-bond donors (Lipinski definition) is 1. The summed E-state index contributed by atoms with van der Waals surface area (Å²) in [7, 11) is 0. The molecule has 0 amide bonds. The maximum absolute atomic E-state index is 7.75.